The van der Waals surface area contributed by atoms with E-state index in [1.807, 2.05) is 6.07 Å². The summed E-state index contributed by atoms with van der Waals surface area (Å²) in [6, 6.07) is 1.90. The van der Waals surface area contributed by atoms with Crippen molar-refractivity contribution < 1.29 is 4.79 Å². The average molecular weight is 327 g/mol. The van der Waals surface area contributed by atoms with E-state index in [4.69, 9.17) is 5.73 Å². The van der Waals surface area contributed by atoms with Gasteiger partial charge in [0.2, 0.25) is 5.91 Å². The fourth-order valence-electron chi connectivity index (χ4n) is 2.26. The zero-order valence-electron chi connectivity index (χ0n) is 11.3. The van der Waals surface area contributed by atoms with Gasteiger partial charge in [0, 0.05) is 25.1 Å². The first kappa shape index (κ1) is 14.2. The Morgan fingerprint density at radius 2 is 2.26 bits per heavy atom. The molecular formula is C13H19BrN4O. The second-order valence-corrected chi connectivity index (χ2v) is 6.06. The summed E-state index contributed by atoms with van der Waals surface area (Å²) in [7, 11) is 0. The number of amides is 1. The SMILES string of the molecule is CC(C)c1nc(Br)cc(N2CCCC(C(N)=O)C2)n1. The lowest BCUT2D eigenvalue weighted by molar-refractivity contribution is -0.122. The standard InChI is InChI=1S/C13H19BrN4O/c1-8(2)13-16-10(14)6-11(17-13)18-5-3-4-9(7-18)12(15)19/h6,8-9H,3-5,7H2,1-2H3,(H2,15,19). The topological polar surface area (TPSA) is 72.1 Å². The van der Waals surface area contributed by atoms with Gasteiger partial charge in [-0.1, -0.05) is 13.8 Å². The van der Waals surface area contributed by atoms with Crippen molar-refractivity contribution in [3.63, 3.8) is 0 Å². The highest BCUT2D eigenvalue weighted by molar-refractivity contribution is 9.10. The molecule has 0 radical (unpaired) electrons. The number of halogens is 1. The van der Waals surface area contributed by atoms with Crippen LogP contribution in [0.25, 0.3) is 0 Å². The van der Waals surface area contributed by atoms with E-state index in [0.717, 1.165) is 35.6 Å². The van der Waals surface area contributed by atoms with Crippen LogP contribution in [0.5, 0.6) is 0 Å². The molecule has 1 unspecified atom stereocenters. The third-order valence-electron chi connectivity index (χ3n) is 3.36. The average Bonchev–Trinajstić information content (AvgIpc) is 2.38. The van der Waals surface area contributed by atoms with Crippen LogP contribution in [0.1, 0.15) is 38.4 Å². The maximum absolute atomic E-state index is 11.3. The molecule has 1 fully saturated rings. The zero-order chi connectivity index (χ0) is 14.0. The van der Waals surface area contributed by atoms with Gasteiger partial charge in [-0.15, -0.1) is 0 Å². The molecule has 104 valence electrons. The number of rotatable bonds is 3. The van der Waals surface area contributed by atoms with E-state index >= 15 is 0 Å². The van der Waals surface area contributed by atoms with Crippen molar-refractivity contribution in [3.8, 4) is 0 Å². The Morgan fingerprint density at radius 3 is 2.89 bits per heavy atom. The minimum absolute atomic E-state index is 0.0787. The molecule has 5 nitrogen and oxygen atoms in total. The predicted octanol–water partition coefficient (Wildman–Crippen LogP) is 2.06. The lowest BCUT2D eigenvalue weighted by Crippen LogP contribution is -2.41. The zero-order valence-corrected chi connectivity index (χ0v) is 12.9. The minimum Gasteiger partial charge on any atom is -0.369 e. The van der Waals surface area contributed by atoms with Gasteiger partial charge in [-0.25, -0.2) is 9.97 Å². The maximum Gasteiger partial charge on any atom is 0.222 e. The quantitative estimate of drug-likeness (QED) is 0.863. The van der Waals surface area contributed by atoms with E-state index < -0.39 is 0 Å². The summed E-state index contributed by atoms with van der Waals surface area (Å²) >= 11 is 3.42. The summed E-state index contributed by atoms with van der Waals surface area (Å²) in [5.74, 6) is 1.65. The fraction of sp³-hybridized carbons (Fsp3) is 0.615. The molecule has 0 spiro atoms. The van der Waals surface area contributed by atoms with E-state index in [-0.39, 0.29) is 17.7 Å². The molecule has 2 heterocycles. The van der Waals surface area contributed by atoms with Crippen LogP contribution in [0.3, 0.4) is 0 Å². The lowest BCUT2D eigenvalue weighted by atomic mass is 9.97. The largest absolute Gasteiger partial charge is 0.369 e. The van der Waals surface area contributed by atoms with Crippen molar-refractivity contribution in [2.24, 2.45) is 11.7 Å². The molecule has 6 heteroatoms. The van der Waals surface area contributed by atoms with Crippen LogP contribution in [0.15, 0.2) is 10.7 Å². The van der Waals surface area contributed by atoms with Crippen LogP contribution in [-0.4, -0.2) is 29.0 Å². The van der Waals surface area contributed by atoms with Gasteiger partial charge in [0.05, 0.1) is 5.92 Å². The Balaban J connectivity index is 2.23. The molecule has 2 rings (SSSR count). The van der Waals surface area contributed by atoms with Gasteiger partial charge in [0.15, 0.2) is 0 Å². The predicted molar refractivity (Wildman–Crippen MR) is 78.0 cm³/mol. The van der Waals surface area contributed by atoms with Crippen LogP contribution in [0, 0.1) is 5.92 Å². The highest BCUT2D eigenvalue weighted by Gasteiger charge is 2.25. The Bertz CT molecular complexity index is 478. The number of nitrogens with two attached hydrogens (primary N) is 1. The van der Waals surface area contributed by atoms with Gasteiger partial charge in [-0.05, 0) is 28.8 Å². The van der Waals surface area contributed by atoms with Gasteiger partial charge < -0.3 is 10.6 Å². The number of carbonyl (C=O) groups excluding carboxylic acids is 1. The minimum atomic E-state index is -0.220. The van der Waals surface area contributed by atoms with Crippen LogP contribution in [0.2, 0.25) is 0 Å². The molecule has 1 aromatic rings. The second kappa shape index (κ2) is 5.86. The monoisotopic (exact) mass is 326 g/mol. The first-order valence-corrected chi connectivity index (χ1v) is 7.35. The number of carbonyl (C=O) groups is 1. The number of piperidine rings is 1. The molecule has 1 atom stereocenters. The summed E-state index contributed by atoms with van der Waals surface area (Å²) in [6.45, 7) is 5.68. The molecule has 0 aromatic carbocycles. The Morgan fingerprint density at radius 1 is 1.53 bits per heavy atom. The number of nitrogens with zero attached hydrogens (tertiary/aromatic N) is 3. The van der Waals surface area contributed by atoms with Crippen molar-refractivity contribution in [1.29, 1.82) is 0 Å². The number of hydrogen-bond donors (Lipinski definition) is 1. The molecule has 0 saturated carbocycles. The third-order valence-corrected chi connectivity index (χ3v) is 3.77. The fourth-order valence-corrected chi connectivity index (χ4v) is 2.65. The smallest absolute Gasteiger partial charge is 0.222 e. The van der Waals surface area contributed by atoms with Gasteiger partial charge in [-0.3, -0.25) is 4.79 Å². The summed E-state index contributed by atoms with van der Waals surface area (Å²) < 4.78 is 0.780. The highest BCUT2D eigenvalue weighted by Crippen LogP contribution is 2.25. The molecule has 1 saturated heterocycles. The molecule has 0 aliphatic carbocycles. The number of hydrogen-bond acceptors (Lipinski definition) is 4. The molecule has 1 aliphatic rings. The summed E-state index contributed by atoms with van der Waals surface area (Å²) in [4.78, 5) is 22.4. The van der Waals surface area contributed by atoms with Crippen molar-refractivity contribution >= 4 is 27.7 Å². The summed E-state index contributed by atoms with van der Waals surface area (Å²) in [5, 5.41) is 0. The van der Waals surface area contributed by atoms with Crippen molar-refractivity contribution in [2.75, 3.05) is 18.0 Å². The van der Waals surface area contributed by atoms with E-state index in [0.29, 0.717) is 6.54 Å². The molecular weight excluding hydrogens is 308 g/mol. The van der Waals surface area contributed by atoms with Crippen LogP contribution < -0.4 is 10.6 Å². The lowest BCUT2D eigenvalue weighted by Gasteiger charge is -2.32. The van der Waals surface area contributed by atoms with E-state index in [2.05, 4.69) is 44.6 Å². The summed E-state index contributed by atoms with van der Waals surface area (Å²) in [6.07, 6.45) is 1.83. The van der Waals surface area contributed by atoms with Crippen LogP contribution in [0.4, 0.5) is 5.82 Å². The van der Waals surface area contributed by atoms with Crippen LogP contribution >= 0.6 is 15.9 Å². The van der Waals surface area contributed by atoms with Gasteiger partial charge >= 0.3 is 0 Å². The molecule has 1 aromatic heterocycles. The Labute approximate surface area is 121 Å². The maximum atomic E-state index is 11.3. The summed E-state index contributed by atoms with van der Waals surface area (Å²) in [5.41, 5.74) is 5.41. The van der Waals surface area contributed by atoms with Crippen LogP contribution in [-0.2, 0) is 4.79 Å². The first-order chi connectivity index (χ1) is 8.97. The number of anilines is 1. The number of primary amides is 1. The van der Waals surface area contributed by atoms with Gasteiger partial charge in [0.25, 0.3) is 0 Å². The second-order valence-electron chi connectivity index (χ2n) is 5.25. The van der Waals surface area contributed by atoms with Crippen molar-refractivity contribution in [1.82, 2.24) is 9.97 Å². The van der Waals surface area contributed by atoms with Crippen molar-refractivity contribution in [2.45, 2.75) is 32.6 Å². The highest BCUT2D eigenvalue weighted by atomic mass is 79.9. The van der Waals surface area contributed by atoms with Crippen molar-refractivity contribution in [3.05, 3.63) is 16.5 Å². The molecule has 2 N–H and O–H groups in total. The third kappa shape index (κ3) is 3.43. The molecule has 0 bridgehead atoms. The van der Waals surface area contributed by atoms with E-state index in [9.17, 15) is 4.79 Å². The first-order valence-electron chi connectivity index (χ1n) is 6.56. The van der Waals surface area contributed by atoms with Gasteiger partial charge in [0.1, 0.15) is 16.2 Å². The Hall–Kier alpha value is -1.17. The normalized spacial score (nSPS) is 19.8. The molecule has 1 amide bonds. The van der Waals surface area contributed by atoms with Gasteiger partial charge in [-0.2, -0.15) is 0 Å². The van der Waals surface area contributed by atoms with E-state index in [1.165, 1.54) is 0 Å². The van der Waals surface area contributed by atoms with E-state index in [1.54, 1.807) is 0 Å². The molecule has 19 heavy (non-hydrogen) atoms. The number of aromatic nitrogens is 2. The Kier molecular flexibility index (Phi) is 4.39. The molecule has 1 aliphatic heterocycles.